The Bertz CT molecular complexity index is 2240. The summed E-state index contributed by atoms with van der Waals surface area (Å²) < 4.78 is 7.63. The van der Waals surface area contributed by atoms with Crippen molar-refractivity contribution < 1.29 is 24.5 Å². The van der Waals surface area contributed by atoms with Gasteiger partial charge in [0.2, 0.25) is 0 Å². The Kier molecular flexibility index (Phi) is 9.32. The molecule has 3 aromatic heterocycles. The van der Waals surface area contributed by atoms with Crippen molar-refractivity contribution in [3.63, 3.8) is 0 Å². The Labute approximate surface area is 286 Å². The number of furan rings is 1. The van der Waals surface area contributed by atoms with Crippen LogP contribution in [0.5, 0.6) is 0 Å². The molecule has 46 heavy (non-hydrogen) atoms. The number of rotatable bonds is 4. The molecule has 0 N–H and O–H groups in total. The number of benzene rings is 5. The van der Waals surface area contributed by atoms with Crippen LogP contribution in [-0.2, 0) is 20.1 Å². The van der Waals surface area contributed by atoms with Crippen molar-refractivity contribution in [1.29, 1.82) is 0 Å². The molecule has 0 aliphatic heterocycles. The van der Waals surface area contributed by atoms with Crippen molar-refractivity contribution in [3.05, 3.63) is 152 Å². The van der Waals surface area contributed by atoms with Crippen LogP contribution in [-0.4, -0.2) is 23.2 Å². The van der Waals surface area contributed by atoms with Crippen LogP contribution in [0.1, 0.15) is 0 Å². The molecule has 3 heterocycles. The van der Waals surface area contributed by atoms with E-state index in [4.69, 9.17) is 4.42 Å². The second-order valence-corrected chi connectivity index (χ2v) is 22.8. The SMILES string of the molecule is [CH3][Ge]([CH3])([CH3])[c]1ccc(-c2[c-]cccc2)nc1.[Ir].[c-]1c(-c2cc3ccccc3cn2)ccc2c1oc1cccc(-c3ccccc3)c12. The molecule has 8 rings (SSSR count). The average Bonchev–Trinajstić information content (AvgIpc) is 3.47. The first kappa shape index (κ1) is 31.6. The summed E-state index contributed by atoms with van der Waals surface area (Å²) in [7, 11) is 0. The van der Waals surface area contributed by atoms with Crippen LogP contribution in [0, 0.1) is 12.1 Å². The van der Waals surface area contributed by atoms with Gasteiger partial charge in [0.1, 0.15) is 5.58 Å². The molecule has 8 aromatic rings. The topological polar surface area (TPSA) is 38.9 Å². The van der Waals surface area contributed by atoms with E-state index in [-0.39, 0.29) is 20.1 Å². The minimum Gasteiger partial charge on any atom is -0.477 e. The normalized spacial score (nSPS) is 11.2. The Morgan fingerprint density at radius 3 is 2.13 bits per heavy atom. The predicted molar refractivity (Wildman–Crippen MR) is 190 cm³/mol. The van der Waals surface area contributed by atoms with Crippen molar-refractivity contribution >= 4 is 50.4 Å². The summed E-state index contributed by atoms with van der Waals surface area (Å²) in [5.41, 5.74) is 7.90. The Hall–Kier alpha value is -4.35. The van der Waals surface area contributed by atoms with Crippen molar-refractivity contribution in [2.24, 2.45) is 0 Å². The molecule has 5 aromatic carbocycles. The van der Waals surface area contributed by atoms with Gasteiger partial charge >= 0.3 is 99.8 Å². The number of fused-ring (bicyclic) bond motifs is 4. The molecule has 3 nitrogen and oxygen atoms in total. The second kappa shape index (κ2) is 13.6. The monoisotopic (exact) mass is 835 g/mol. The first-order chi connectivity index (χ1) is 21.9. The van der Waals surface area contributed by atoms with E-state index >= 15 is 0 Å². The molecular weight excluding hydrogens is 801 g/mol. The summed E-state index contributed by atoms with van der Waals surface area (Å²) in [4.78, 5) is 9.16. The fourth-order valence-corrected chi connectivity index (χ4v) is 7.71. The molecule has 0 atom stereocenters. The van der Waals surface area contributed by atoms with Crippen LogP contribution in [0.4, 0.5) is 0 Å². The third kappa shape index (κ3) is 6.61. The smallest absolute Gasteiger partial charge is 0.124 e. The van der Waals surface area contributed by atoms with Gasteiger partial charge in [0, 0.05) is 26.3 Å². The molecule has 0 unspecified atom stereocenters. The van der Waals surface area contributed by atoms with Gasteiger partial charge in [-0.2, -0.15) is 0 Å². The van der Waals surface area contributed by atoms with Gasteiger partial charge in [-0.05, 0) is 39.0 Å². The minimum atomic E-state index is -1.72. The average molecular weight is 834 g/mol. The van der Waals surface area contributed by atoms with E-state index in [2.05, 4.69) is 112 Å². The van der Waals surface area contributed by atoms with E-state index in [1.807, 2.05) is 67.0 Å². The van der Waals surface area contributed by atoms with Crippen LogP contribution in [0.25, 0.3) is 66.4 Å². The van der Waals surface area contributed by atoms with Crippen LogP contribution in [0.3, 0.4) is 0 Å². The Morgan fingerprint density at radius 1 is 0.630 bits per heavy atom. The van der Waals surface area contributed by atoms with Gasteiger partial charge in [-0.25, -0.2) is 0 Å². The molecule has 0 aliphatic carbocycles. The molecule has 0 saturated heterocycles. The molecule has 0 spiro atoms. The van der Waals surface area contributed by atoms with E-state index in [1.54, 1.807) is 0 Å². The summed E-state index contributed by atoms with van der Waals surface area (Å²) in [6.45, 7) is 0. The third-order valence-corrected chi connectivity index (χ3v) is 12.3. The van der Waals surface area contributed by atoms with E-state index in [1.165, 1.54) is 20.9 Å². The fraction of sp³-hybridized carbons (Fsp3) is 0.0732. The van der Waals surface area contributed by atoms with E-state index < -0.39 is 13.3 Å². The first-order valence-electron chi connectivity index (χ1n) is 15.2. The van der Waals surface area contributed by atoms with Crippen LogP contribution in [0.15, 0.2) is 144 Å². The third-order valence-electron chi connectivity index (χ3n) is 8.02. The molecule has 5 heteroatoms. The van der Waals surface area contributed by atoms with Gasteiger partial charge in [0.15, 0.2) is 0 Å². The summed E-state index contributed by atoms with van der Waals surface area (Å²) in [5.74, 6) is 7.14. The van der Waals surface area contributed by atoms with Crippen LogP contribution >= 0.6 is 0 Å². The molecule has 0 bridgehead atoms. The van der Waals surface area contributed by atoms with Crippen LogP contribution < -0.4 is 4.40 Å². The summed E-state index contributed by atoms with van der Waals surface area (Å²) in [6, 6.07) is 50.1. The zero-order valence-electron chi connectivity index (χ0n) is 25.9. The standard InChI is InChI=1S/C27H16NO.C14H16GeN.Ir/c1-2-7-18(8-3-1)22-11-6-12-25-27(22)23-14-13-20(16-26(23)29-25)24-15-19-9-4-5-10-21(19)17-28-24;1-15(2,3)13-9-10-14(16-11-13)12-7-5-4-6-8-12;/h1-15,17H;4-7,9-11H,1-3H3;/q2*-1;. The predicted octanol–water partition coefficient (Wildman–Crippen LogP) is 10.4. The number of hydrogen-bond acceptors (Lipinski definition) is 3. The second-order valence-electron chi connectivity index (χ2n) is 12.1. The fourth-order valence-electron chi connectivity index (χ4n) is 5.54. The van der Waals surface area contributed by atoms with Gasteiger partial charge in [-0.15, -0.1) is 17.7 Å². The van der Waals surface area contributed by atoms with E-state index in [0.717, 1.165) is 49.8 Å². The molecule has 0 amide bonds. The maximum absolute atomic E-state index is 6.18. The van der Waals surface area contributed by atoms with Crippen molar-refractivity contribution in [3.8, 4) is 33.6 Å². The molecule has 0 aliphatic rings. The zero-order chi connectivity index (χ0) is 30.8. The molecule has 0 saturated carbocycles. The zero-order valence-corrected chi connectivity index (χ0v) is 30.4. The van der Waals surface area contributed by atoms with Crippen molar-refractivity contribution in [1.82, 2.24) is 9.97 Å². The van der Waals surface area contributed by atoms with Gasteiger partial charge in [0.25, 0.3) is 0 Å². The van der Waals surface area contributed by atoms with E-state index in [9.17, 15) is 0 Å². The maximum Gasteiger partial charge on any atom is 0.124 e. The van der Waals surface area contributed by atoms with Gasteiger partial charge in [-0.1, -0.05) is 84.2 Å². The van der Waals surface area contributed by atoms with Crippen LogP contribution in [0.2, 0.25) is 17.3 Å². The van der Waals surface area contributed by atoms with Gasteiger partial charge in [0.05, 0.1) is 5.58 Å². The number of nitrogens with zero attached hydrogens (tertiary/aromatic N) is 2. The molecule has 1 radical (unpaired) electrons. The maximum atomic E-state index is 6.18. The summed E-state index contributed by atoms with van der Waals surface area (Å²) in [5, 5.41) is 4.50. The number of aromatic nitrogens is 2. The quantitative estimate of drug-likeness (QED) is 0.131. The largest absolute Gasteiger partial charge is 0.477 e. The van der Waals surface area contributed by atoms with Crippen molar-refractivity contribution in [2.45, 2.75) is 17.3 Å². The summed E-state index contributed by atoms with van der Waals surface area (Å²) in [6.07, 6.45) is 3.95. The molecule has 227 valence electrons. The van der Waals surface area contributed by atoms with Gasteiger partial charge < -0.3 is 9.40 Å². The van der Waals surface area contributed by atoms with Gasteiger partial charge in [-0.3, -0.25) is 0 Å². The first-order valence-corrected chi connectivity index (χ1v) is 22.5. The number of pyridine rings is 2. The van der Waals surface area contributed by atoms with Crippen molar-refractivity contribution in [2.75, 3.05) is 0 Å². The summed E-state index contributed by atoms with van der Waals surface area (Å²) >= 11 is -1.72. The number of hydrogen-bond donors (Lipinski definition) is 0. The Morgan fingerprint density at radius 2 is 1.39 bits per heavy atom. The Balaban J connectivity index is 0.000000187. The van der Waals surface area contributed by atoms with E-state index in [0.29, 0.717) is 0 Å². The molecular formula is C41H32GeIrN2O-2. The molecule has 0 fully saturated rings. The minimum absolute atomic E-state index is 0.